The minimum atomic E-state index is -0.246. The molecule has 2 aromatic rings. The highest BCUT2D eigenvalue weighted by molar-refractivity contribution is 6.03. The largest absolute Gasteiger partial charge is 0.497 e. The second-order valence-corrected chi connectivity index (χ2v) is 5.57. The van der Waals surface area contributed by atoms with Gasteiger partial charge in [0.25, 0.3) is 5.91 Å². The molecule has 1 aliphatic heterocycles. The van der Waals surface area contributed by atoms with E-state index in [0.29, 0.717) is 23.1 Å². The zero-order chi connectivity index (χ0) is 16.2. The smallest absolute Gasteiger partial charge is 0.274 e. The molecule has 1 fully saturated rings. The Hall–Kier alpha value is -2.63. The maximum atomic E-state index is 12.5. The van der Waals surface area contributed by atoms with Gasteiger partial charge >= 0.3 is 0 Å². The van der Waals surface area contributed by atoms with Gasteiger partial charge in [-0.05, 0) is 38.0 Å². The third kappa shape index (κ3) is 3.59. The standard InChI is InChI=1S/C17H20N4O2/c1-12-10-15(20-17(18-12)21-8-3-4-9-21)16(22)19-13-6-5-7-14(11-13)23-2/h5-7,10-11H,3-4,8-9H2,1-2H3,(H,19,22). The molecule has 1 aromatic heterocycles. The van der Waals surface area contributed by atoms with Gasteiger partial charge in [-0.1, -0.05) is 6.07 Å². The summed E-state index contributed by atoms with van der Waals surface area (Å²) < 4.78 is 5.16. The van der Waals surface area contributed by atoms with Crippen LogP contribution in [-0.2, 0) is 0 Å². The van der Waals surface area contributed by atoms with Crippen LogP contribution in [0.5, 0.6) is 5.75 Å². The molecule has 6 nitrogen and oxygen atoms in total. The first-order chi connectivity index (χ1) is 11.2. The minimum absolute atomic E-state index is 0.246. The van der Waals surface area contributed by atoms with Crippen LogP contribution in [0.3, 0.4) is 0 Å². The van der Waals surface area contributed by atoms with E-state index in [1.807, 2.05) is 25.1 Å². The number of nitrogens with zero attached hydrogens (tertiary/aromatic N) is 3. The number of aromatic nitrogens is 2. The average Bonchev–Trinajstić information content (AvgIpc) is 3.09. The molecule has 0 bridgehead atoms. The summed E-state index contributed by atoms with van der Waals surface area (Å²) in [4.78, 5) is 23.5. The molecule has 1 aromatic carbocycles. The Morgan fingerprint density at radius 1 is 1.22 bits per heavy atom. The highest BCUT2D eigenvalue weighted by Crippen LogP contribution is 2.19. The molecule has 23 heavy (non-hydrogen) atoms. The Bertz CT molecular complexity index is 711. The lowest BCUT2D eigenvalue weighted by Crippen LogP contribution is -2.23. The summed E-state index contributed by atoms with van der Waals surface area (Å²) in [6, 6.07) is 8.95. The van der Waals surface area contributed by atoms with E-state index in [4.69, 9.17) is 4.74 Å². The molecular weight excluding hydrogens is 292 g/mol. The van der Waals surface area contributed by atoms with Crippen LogP contribution >= 0.6 is 0 Å². The van der Waals surface area contributed by atoms with E-state index in [0.717, 1.165) is 31.6 Å². The molecule has 0 radical (unpaired) electrons. The molecule has 3 rings (SSSR count). The van der Waals surface area contributed by atoms with Crippen molar-refractivity contribution in [1.82, 2.24) is 9.97 Å². The van der Waals surface area contributed by atoms with Crippen LogP contribution in [0.1, 0.15) is 29.0 Å². The van der Waals surface area contributed by atoms with Crippen molar-refractivity contribution in [1.29, 1.82) is 0 Å². The number of ether oxygens (including phenoxy) is 1. The van der Waals surface area contributed by atoms with Crippen LogP contribution < -0.4 is 15.0 Å². The van der Waals surface area contributed by atoms with Gasteiger partial charge in [0, 0.05) is 30.5 Å². The van der Waals surface area contributed by atoms with Gasteiger partial charge in [0.1, 0.15) is 11.4 Å². The number of methoxy groups -OCH3 is 1. The van der Waals surface area contributed by atoms with Crippen molar-refractivity contribution in [3.05, 3.63) is 41.7 Å². The molecule has 1 saturated heterocycles. The number of carbonyl (C=O) groups is 1. The van der Waals surface area contributed by atoms with Gasteiger partial charge in [-0.3, -0.25) is 4.79 Å². The summed E-state index contributed by atoms with van der Waals surface area (Å²) in [6.07, 6.45) is 2.28. The number of amides is 1. The Morgan fingerprint density at radius 2 is 2.00 bits per heavy atom. The lowest BCUT2D eigenvalue weighted by atomic mass is 10.2. The summed E-state index contributed by atoms with van der Waals surface area (Å²) in [7, 11) is 1.59. The maximum absolute atomic E-state index is 12.5. The molecule has 0 saturated carbocycles. The van der Waals surface area contributed by atoms with Crippen molar-refractivity contribution in [2.45, 2.75) is 19.8 Å². The van der Waals surface area contributed by atoms with Crippen molar-refractivity contribution >= 4 is 17.5 Å². The van der Waals surface area contributed by atoms with Crippen molar-refractivity contribution in [2.24, 2.45) is 0 Å². The van der Waals surface area contributed by atoms with Gasteiger partial charge in [-0.15, -0.1) is 0 Å². The number of rotatable bonds is 4. The summed E-state index contributed by atoms with van der Waals surface area (Å²) in [5, 5.41) is 2.85. The summed E-state index contributed by atoms with van der Waals surface area (Å²) in [5.74, 6) is 1.09. The van der Waals surface area contributed by atoms with E-state index >= 15 is 0 Å². The molecule has 1 N–H and O–H groups in total. The fourth-order valence-electron chi connectivity index (χ4n) is 2.62. The first kappa shape index (κ1) is 15.3. The van der Waals surface area contributed by atoms with Gasteiger partial charge in [-0.25, -0.2) is 9.97 Å². The highest BCUT2D eigenvalue weighted by atomic mass is 16.5. The molecule has 6 heteroatoms. The molecule has 120 valence electrons. The fourth-order valence-corrected chi connectivity index (χ4v) is 2.62. The van der Waals surface area contributed by atoms with Crippen molar-refractivity contribution in [3.63, 3.8) is 0 Å². The number of anilines is 2. The minimum Gasteiger partial charge on any atom is -0.497 e. The van der Waals surface area contributed by atoms with Crippen LogP contribution in [0.15, 0.2) is 30.3 Å². The molecule has 0 aliphatic carbocycles. The van der Waals surface area contributed by atoms with Crippen LogP contribution in [-0.4, -0.2) is 36.1 Å². The number of carbonyl (C=O) groups excluding carboxylic acids is 1. The normalized spacial score (nSPS) is 13.9. The number of nitrogens with one attached hydrogen (secondary N) is 1. The molecule has 1 amide bonds. The van der Waals surface area contributed by atoms with E-state index < -0.39 is 0 Å². The fraction of sp³-hybridized carbons (Fsp3) is 0.353. The van der Waals surface area contributed by atoms with E-state index in [1.165, 1.54) is 0 Å². The first-order valence-electron chi connectivity index (χ1n) is 7.72. The topological polar surface area (TPSA) is 67.3 Å². The molecule has 0 atom stereocenters. The number of benzene rings is 1. The zero-order valence-corrected chi connectivity index (χ0v) is 13.4. The van der Waals surface area contributed by atoms with Crippen LogP contribution in [0.2, 0.25) is 0 Å². The van der Waals surface area contributed by atoms with Gasteiger partial charge in [0.2, 0.25) is 5.95 Å². The summed E-state index contributed by atoms with van der Waals surface area (Å²) in [6.45, 7) is 3.77. The van der Waals surface area contributed by atoms with Gasteiger partial charge in [0.05, 0.1) is 7.11 Å². The zero-order valence-electron chi connectivity index (χ0n) is 13.4. The van der Waals surface area contributed by atoms with Crippen molar-refractivity contribution in [2.75, 3.05) is 30.4 Å². The second-order valence-electron chi connectivity index (χ2n) is 5.57. The van der Waals surface area contributed by atoms with Gasteiger partial charge in [0.15, 0.2) is 0 Å². The number of hydrogen-bond acceptors (Lipinski definition) is 5. The molecule has 0 unspecified atom stereocenters. The van der Waals surface area contributed by atoms with Crippen LogP contribution in [0.25, 0.3) is 0 Å². The molecular formula is C17H20N4O2. The Kier molecular flexibility index (Phi) is 4.41. The molecule has 1 aliphatic rings. The molecule has 0 spiro atoms. The van der Waals surface area contributed by atoms with E-state index in [1.54, 1.807) is 19.2 Å². The SMILES string of the molecule is COc1cccc(NC(=O)c2cc(C)nc(N3CCCC3)n2)c1. The maximum Gasteiger partial charge on any atom is 0.274 e. The van der Waals surface area contributed by atoms with E-state index in [9.17, 15) is 4.79 Å². The number of aryl methyl sites for hydroxylation is 1. The van der Waals surface area contributed by atoms with Crippen LogP contribution in [0, 0.1) is 6.92 Å². The predicted octanol–water partition coefficient (Wildman–Crippen LogP) is 2.65. The summed E-state index contributed by atoms with van der Waals surface area (Å²) in [5.41, 5.74) is 1.84. The Balaban J connectivity index is 1.81. The van der Waals surface area contributed by atoms with Crippen LogP contribution in [0.4, 0.5) is 11.6 Å². The van der Waals surface area contributed by atoms with E-state index in [-0.39, 0.29) is 5.91 Å². The third-order valence-corrected chi connectivity index (χ3v) is 3.79. The number of hydrogen-bond donors (Lipinski definition) is 1. The highest BCUT2D eigenvalue weighted by Gasteiger charge is 2.18. The average molecular weight is 312 g/mol. The Morgan fingerprint density at radius 3 is 2.74 bits per heavy atom. The van der Waals surface area contributed by atoms with Gasteiger partial charge in [-0.2, -0.15) is 0 Å². The second kappa shape index (κ2) is 6.64. The van der Waals surface area contributed by atoms with E-state index in [2.05, 4.69) is 20.2 Å². The molecule has 2 heterocycles. The lowest BCUT2D eigenvalue weighted by molar-refractivity contribution is 0.102. The first-order valence-corrected chi connectivity index (χ1v) is 7.72. The Labute approximate surface area is 135 Å². The predicted molar refractivity (Wildman–Crippen MR) is 89.2 cm³/mol. The van der Waals surface area contributed by atoms with Crippen molar-refractivity contribution in [3.8, 4) is 5.75 Å². The van der Waals surface area contributed by atoms with Crippen molar-refractivity contribution < 1.29 is 9.53 Å². The lowest BCUT2D eigenvalue weighted by Gasteiger charge is -2.16. The monoisotopic (exact) mass is 312 g/mol. The van der Waals surface area contributed by atoms with Gasteiger partial charge < -0.3 is 15.0 Å². The quantitative estimate of drug-likeness (QED) is 0.940. The third-order valence-electron chi connectivity index (χ3n) is 3.79. The summed E-state index contributed by atoms with van der Waals surface area (Å²) >= 11 is 0.